The Bertz CT molecular complexity index is 349. The first kappa shape index (κ1) is 11.8. The molecule has 0 aromatic heterocycles. The molecule has 0 bridgehead atoms. The van der Waals surface area contributed by atoms with Gasteiger partial charge in [-0.3, -0.25) is 0 Å². The van der Waals surface area contributed by atoms with Gasteiger partial charge in [-0.1, -0.05) is 31.9 Å². The predicted molar refractivity (Wildman–Crippen MR) is 53.3 cm³/mol. The van der Waals surface area contributed by atoms with Gasteiger partial charge in [0.25, 0.3) is 0 Å². The normalized spacial score (nSPS) is 11.6. The van der Waals surface area contributed by atoms with Crippen LogP contribution in [0.5, 0.6) is 5.75 Å². The average molecular weight is 334 g/mol. The van der Waals surface area contributed by atoms with Gasteiger partial charge in [-0.25, -0.2) is 0 Å². The lowest BCUT2D eigenvalue weighted by atomic mass is 10.2. The summed E-state index contributed by atoms with van der Waals surface area (Å²) in [5.41, 5.74) is 0.408. The summed E-state index contributed by atoms with van der Waals surface area (Å²) in [4.78, 5) is 0. The molecular formula is C8H5Br2F3O. The van der Waals surface area contributed by atoms with Crippen LogP contribution in [0.2, 0.25) is 0 Å². The zero-order valence-electron chi connectivity index (χ0n) is 6.95. The summed E-state index contributed by atoms with van der Waals surface area (Å²) in [5.74, 6) is -0.209. The van der Waals surface area contributed by atoms with E-state index in [1.807, 2.05) is 0 Å². The molecule has 0 spiro atoms. The third-order valence-electron chi connectivity index (χ3n) is 1.49. The van der Waals surface area contributed by atoms with Crippen LogP contribution in [0.3, 0.4) is 0 Å². The van der Waals surface area contributed by atoms with Gasteiger partial charge in [0, 0.05) is 14.5 Å². The van der Waals surface area contributed by atoms with Gasteiger partial charge < -0.3 is 4.74 Å². The first-order valence-corrected chi connectivity index (χ1v) is 5.09. The van der Waals surface area contributed by atoms with Gasteiger partial charge in [-0.15, -0.1) is 13.2 Å². The number of rotatable bonds is 1. The van der Waals surface area contributed by atoms with Crippen molar-refractivity contribution in [1.29, 1.82) is 0 Å². The van der Waals surface area contributed by atoms with Crippen LogP contribution in [0.25, 0.3) is 0 Å². The molecule has 1 aromatic carbocycles. The van der Waals surface area contributed by atoms with Crippen molar-refractivity contribution < 1.29 is 17.9 Å². The monoisotopic (exact) mass is 332 g/mol. The summed E-state index contributed by atoms with van der Waals surface area (Å²) in [6.45, 7) is 1.54. The van der Waals surface area contributed by atoms with E-state index in [4.69, 9.17) is 0 Å². The molecule has 0 aliphatic heterocycles. The van der Waals surface area contributed by atoms with Gasteiger partial charge in [0.1, 0.15) is 5.75 Å². The van der Waals surface area contributed by atoms with Gasteiger partial charge in [0.05, 0.1) is 0 Å². The minimum Gasteiger partial charge on any atom is -0.405 e. The van der Waals surface area contributed by atoms with Gasteiger partial charge in [0.15, 0.2) is 0 Å². The molecule has 0 N–H and O–H groups in total. The lowest BCUT2D eigenvalue weighted by molar-refractivity contribution is -0.274. The van der Waals surface area contributed by atoms with E-state index in [0.717, 1.165) is 0 Å². The molecule has 78 valence electrons. The Hall–Kier alpha value is -0.230. The summed E-state index contributed by atoms with van der Waals surface area (Å²) >= 11 is 6.20. The molecule has 1 rings (SSSR count). The minimum atomic E-state index is -4.66. The summed E-state index contributed by atoms with van der Waals surface area (Å²) in [7, 11) is 0. The number of hydrogen-bond acceptors (Lipinski definition) is 1. The third-order valence-corrected chi connectivity index (χ3v) is 2.77. The number of alkyl halides is 3. The van der Waals surface area contributed by atoms with Gasteiger partial charge in [-0.05, 0) is 19.1 Å². The van der Waals surface area contributed by atoms with Crippen LogP contribution in [0.4, 0.5) is 13.2 Å². The maximum absolute atomic E-state index is 11.9. The topological polar surface area (TPSA) is 9.23 Å². The summed E-state index contributed by atoms with van der Waals surface area (Å²) in [6.07, 6.45) is -4.66. The minimum absolute atomic E-state index is 0.209. The molecule has 0 aliphatic carbocycles. The lowest BCUT2D eigenvalue weighted by Crippen LogP contribution is -2.17. The molecular weight excluding hydrogens is 329 g/mol. The highest BCUT2D eigenvalue weighted by molar-refractivity contribution is 9.11. The maximum atomic E-state index is 11.9. The van der Waals surface area contributed by atoms with Crippen molar-refractivity contribution in [1.82, 2.24) is 0 Å². The smallest absolute Gasteiger partial charge is 0.405 e. The summed E-state index contributed by atoms with van der Waals surface area (Å²) < 4.78 is 40.7. The summed E-state index contributed by atoms with van der Waals surface area (Å²) in [5, 5.41) is 0. The standard InChI is InChI=1S/C8H5Br2F3O/c1-4-6(10)2-5(9)3-7(4)14-8(11,12)13/h2-3H,1H3. The zero-order valence-corrected chi connectivity index (χ0v) is 10.1. The number of hydrogen-bond donors (Lipinski definition) is 0. The molecule has 14 heavy (non-hydrogen) atoms. The van der Waals surface area contributed by atoms with Crippen molar-refractivity contribution in [3.8, 4) is 5.75 Å². The second-order valence-electron chi connectivity index (χ2n) is 2.56. The van der Waals surface area contributed by atoms with Gasteiger partial charge >= 0.3 is 6.36 Å². The molecule has 1 nitrogen and oxygen atoms in total. The van der Waals surface area contributed by atoms with E-state index in [0.29, 0.717) is 14.5 Å². The van der Waals surface area contributed by atoms with Crippen LogP contribution in [0.1, 0.15) is 5.56 Å². The molecule has 0 atom stereocenters. The highest BCUT2D eigenvalue weighted by Gasteiger charge is 2.32. The first-order chi connectivity index (χ1) is 6.29. The fourth-order valence-electron chi connectivity index (χ4n) is 0.853. The molecule has 0 heterocycles. The van der Waals surface area contributed by atoms with E-state index in [-0.39, 0.29) is 5.75 Å². The SMILES string of the molecule is Cc1c(Br)cc(Br)cc1OC(F)(F)F. The van der Waals surface area contributed by atoms with Crippen molar-refractivity contribution in [3.05, 3.63) is 26.6 Å². The highest BCUT2D eigenvalue weighted by Crippen LogP contribution is 2.33. The van der Waals surface area contributed by atoms with Crippen molar-refractivity contribution in [2.75, 3.05) is 0 Å². The van der Waals surface area contributed by atoms with E-state index in [2.05, 4.69) is 36.6 Å². The molecule has 0 unspecified atom stereocenters. The molecule has 6 heteroatoms. The molecule has 0 radical (unpaired) electrons. The Morgan fingerprint density at radius 3 is 2.29 bits per heavy atom. The van der Waals surface area contributed by atoms with Crippen molar-refractivity contribution in [2.45, 2.75) is 13.3 Å². The van der Waals surface area contributed by atoms with E-state index < -0.39 is 6.36 Å². The number of halogens is 5. The second-order valence-corrected chi connectivity index (χ2v) is 4.33. The van der Waals surface area contributed by atoms with Crippen LogP contribution in [-0.4, -0.2) is 6.36 Å². The molecule has 0 amide bonds. The lowest BCUT2D eigenvalue weighted by Gasteiger charge is -2.12. The quantitative estimate of drug-likeness (QED) is 0.739. The Morgan fingerprint density at radius 1 is 1.21 bits per heavy atom. The third kappa shape index (κ3) is 3.16. The van der Waals surface area contributed by atoms with E-state index in [9.17, 15) is 13.2 Å². The van der Waals surface area contributed by atoms with Crippen molar-refractivity contribution >= 4 is 31.9 Å². The van der Waals surface area contributed by atoms with E-state index in [1.54, 1.807) is 6.07 Å². The molecule has 0 fully saturated rings. The Kier molecular flexibility index (Phi) is 3.47. The Labute approximate surface area is 95.5 Å². The van der Waals surface area contributed by atoms with Crippen LogP contribution >= 0.6 is 31.9 Å². The van der Waals surface area contributed by atoms with Gasteiger partial charge in [-0.2, -0.15) is 0 Å². The fourth-order valence-corrected chi connectivity index (χ4v) is 2.04. The zero-order chi connectivity index (χ0) is 10.9. The second kappa shape index (κ2) is 4.10. The molecule has 0 saturated heterocycles. The first-order valence-electron chi connectivity index (χ1n) is 3.51. The number of benzene rings is 1. The van der Waals surface area contributed by atoms with Crippen LogP contribution in [0, 0.1) is 6.92 Å². The average Bonchev–Trinajstić information content (AvgIpc) is 1.96. The highest BCUT2D eigenvalue weighted by atomic mass is 79.9. The molecule has 0 aliphatic rings. The van der Waals surface area contributed by atoms with Crippen LogP contribution in [-0.2, 0) is 0 Å². The van der Waals surface area contributed by atoms with Crippen molar-refractivity contribution in [3.63, 3.8) is 0 Å². The molecule has 1 aromatic rings. The van der Waals surface area contributed by atoms with Crippen LogP contribution < -0.4 is 4.74 Å². The van der Waals surface area contributed by atoms with Crippen LogP contribution in [0.15, 0.2) is 21.1 Å². The van der Waals surface area contributed by atoms with E-state index >= 15 is 0 Å². The molecule has 0 saturated carbocycles. The largest absolute Gasteiger partial charge is 0.573 e. The van der Waals surface area contributed by atoms with Crippen molar-refractivity contribution in [2.24, 2.45) is 0 Å². The fraction of sp³-hybridized carbons (Fsp3) is 0.250. The maximum Gasteiger partial charge on any atom is 0.573 e. The van der Waals surface area contributed by atoms with Gasteiger partial charge in [0.2, 0.25) is 0 Å². The van der Waals surface area contributed by atoms with E-state index in [1.165, 1.54) is 13.0 Å². The predicted octanol–water partition coefficient (Wildman–Crippen LogP) is 4.42. The Morgan fingerprint density at radius 2 is 1.79 bits per heavy atom. The number of ether oxygens (including phenoxy) is 1. The Balaban J connectivity index is 3.09. The summed E-state index contributed by atoms with van der Waals surface area (Å²) in [6, 6.07) is 2.92.